The monoisotopic (exact) mass is 478 g/mol. The molecule has 0 saturated heterocycles. The number of carbonyl (C=O) groups excluding carboxylic acids is 1. The molecule has 1 aliphatic rings. The number of aliphatic hydroxyl groups is 1. The third kappa shape index (κ3) is 5.93. The van der Waals surface area contributed by atoms with Crippen LogP contribution in [0, 0.1) is 0 Å². The van der Waals surface area contributed by atoms with Crippen LogP contribution in [0.3, 0.4) is 0 Å². The van der Waals surface area contributed by atoms with E-state index in [4.69, 9.17) is 4.74 Å². The second-order valence-corrected chi connectivity index (χ2v) is 11.5. The number of ether oxygens (including phenoxy) is 1. The van der Waals surface area contributed by atoms with Gasteiger partial charge in [0.1, 0.15) is 12.4 Å². The molecule has 3 rings (SSSR count). The Morgan fingerprint density at radius 1 is 1.36 bits per heavy atom. The summed E-state index contributed by atoms with van der Waals surface area (Å²) in [5.41, 5.74) is 2.48. The SMILES string of the molecule is CC(=O)N1c2ccc(-c3cnn(CC(C)(C)O)c3)c(OCCN(C)S(C)(=O)=O)c2CC[C@@H]1C. The number of hydrogen-bond donors (Lipinski definition) is 1. The maximum Gasteiger partial charge on any atom is 0.224 e. The largest absolute Gasteiger partial charge is 0.491 e. The summed E-state index contributed by atoms with van der Waals surface area (Å²) < 4.78 is 32.6. The molecular formula is C23H34N4O5S. The highest BCUT2D eigenvalue weighted by Gasteiger charge is 2.30. The maximum atomic E-state index is 12.4. The molecule has 0 unspecified atom stereocenters. The molecule has 1 aliphatic heterocycles. The third-order valence-corrected chi connectivity index (χ3v) is 7.11. The van der Waals surface area contributed by atoms with Crippen molar-refractivity contribution in [3.63, 3.8) is 0 Å². The Kier molecular flexibility index (Phi) is 7.21. The Morgan fingerprint density at radius 2 is 2.06 bits per heavy atom. The van der Waals surface area contributed by atoms with Gasteiger partial charge in [-0.25, -0.2) is 12.7 Å². The van der Waals surface area contributed by atoms with Gasteiger partial charge in [-0.1, -0.05) is 0 Å². The Bertz CT molecular complexity index is 1120. The second-order valence-electron chi connectivity index (χ2n) is 9.39. The molecule has 1 N–H and O–H groups in total. The van der Waals surface area contributed by atoms with E-state index in [0.29, 0.717) is 12.3 Å². The van der Waals surface area contributed by atoms with Crippen molar-refractivity contribution in [3.8, 4) is 16.9 Å². The summed E-state index contributed by atoms with van der Waals surface area (Å²) in [6, 6.07) is 3.93. The van der Waals surface area contributed by atoms with E-state index >= 15 is 0 Å². The van der Waals surface area contributed by atoms with Crippen LogP contribution in [-0.4, -0.2) is 71.6 Å². The summed E-state index contributed by atoms with van der Waals surface area (Å²) in [5.74, 6) is 0.604. The fourth-order valence-corrected chi connectivity index (χ4v) is 4.51. The van der Waals surface area contributed by atoms with Gasteiger partial charge in [0.25, 0.3) is 0 Å². The van der Waals surface area contributed by atoms with Crippen LogP contribution in [0.15, 0.2) is 24.5 Å². The fourth-order valence-electron chi connectivity index (χ4n) is 4.10. The number of rotatable bonds is 8. The van der Waals surface area contributed by atoms with E-state index in [1.807, 2.05) is 25.3 Å². The van der Waals surface area contributed by atoms with Crippen LogP contribution in [0.2, 0.25) is 0 Å². The summed E-state index contributed by atoms with van der Waals surface area (Å²) in [4.78, 5) is 14.2. The van der Waals surface area contributed by atoms with E-state index in [1.54, 1.807) is 36.5 Å². The number of fused-ring (bicyclic) bond motifs is 1. The number of nitrogens with zero attached hydrogens (tertiary/aromatic N) is 4. The molecule has 1 amide bonds. The van der Waals surface area contributed by atoms with Crippen LogP contribution < -0.4 is 9.64 Å². The lowest BCUT2D eigenvalue weighted by Crippen LogP contribution is -2.41. The van der Waals surface area contributed by atoms with E-state index < -0.39 is 15.6 Å². The highest BCUT2D eigenvalue weighted by atomic mass is 32.2. The molecule has 1 aromatic carbocycles. The second kappa shape index (κ2) is 9.44. The molecule has 1 aromatic heterocycles. The van der Waals surface area contributed by atoms with Gasteiger partial charge in [0.2, 0.25) is 15.9 Å². The van der Waals surface area contributed by atoms with Crippen molar-refractivity contribution in [2.45, 2.75) is 58.7 Å². The van der Waals surface area contributed by atoms with Crippen molar-refractivity contribution < 1.29 is 23.1 Å². The highest BCUT2D eigenvalue weighted by Crippen LogP contribution is 2.43. The van der Waals surface area contributed by atoms with Crippen molar-refractivity contribution in [2.24, 2.45) is 0 Å². The molecule has 2 heterocycles. The average molecular weight is 479 g/mol. The number of hydrogen-bond acceptors (Lipinski definition) is 6. The van der Waals surface area contributed by atoms with Gasteiger partial charge in [-0.2, -0.15) is 5.10 Å². The van der Waals surface area contributed by atoms with Gasteiger partial charge in [-0.3, -0.25) is 9.48 Å². The highest BCUT2D eigenvalue weighted by molar-refractivity contribution is 7.88. The summed E-state index contributed by atoms with van der Waals surface area (Å²) in [7, 11) is -1.80. The first kappa shape index (κ1) is 25.2. The Balaban J connectivity index is 2.01. The molecule has 33 heavy (non-hydrogen) atoms. The van der Waals surface area contributed by atoms with E-state index in [-0.39, 0.29) is 25.1 Å². The Morgan fingerprint density at radius 3 is 2.67 bits per heavy atom. The summed E-state index contributed by atoms with van der Waals surface area (Å²) in [6.07, 6.45) is 6.27. The minimum Gasteiger partial charge on any atom is -0.491 e. The Labute approximate surface area is 196 Å². The van der Waals surface area contributed by atoms with Crippen LogP contribution in [0.25, 0.3) is 11.1 Å². The first-order valence-corrected chi connectivity index (χ1v) is 12.9. The lowest BCUT2D eigenvalue weighted by molar-refractivity contribution is -0.117. The first-order chi connectivity index (χ1) is 15.3. The van der Waals surface area contributed by atoms with Gasteiger partial charge in [0.15, 0.2) is 0 Å². The minimum atomic E-state index is -3.31. The van der Waals surface area contributed by atoms with Crippen LogP contribution in [0.5, 0.6) is 5.75 Å². The predicted molar refractivity (Wildman–Crippen MR) is 128 cm³/mol. The van der Waals surface area contributed by atoms with Gasteiger partial charge in [0.05, 0.1) is 30.3 Å². The molecule has 2 aromatic rings. The topological polar surface area (TPSA) is 105 Å². The Hall–Kier alpha value is -2.43. The molecule has 0 saturated carbocycles. The fraction of sp³-hybridized carbons (Fsp3) is 0.565. The van der Waals surface area contributed by atoms with Gasteiger partial charge in [-0.05, 0) is 45.7 Å². The van der Waals surface area contributed by atoms with Crippen LogP contribution in [0.4, 0.5) is 5.69 Å². The van der Waals surface area contributed by atoms with Gasteiger partial charge in [-0.15, -0.1) is 0 Å². The van der Waals surface area contributed by atoms with Crippen LogP contribution >= 0.6 is 0 Å². The normalized spacial score (nSPS) is 16.7. The van der Waals surface area contributed by atoms with Gasteiger partial charge in [0, 0.05) is 49.4 Å². The molecule has 0 radical (unpaired) electrons. The summed E-state index contributed by atoms with van der Waals surface area (Å²) >= 11 is 0. The zero-order valence-electron chi connectivity index (χ0n) is 20.2. The number of anilines is 1. The third-order valence-electron chi connectivity index (χ3n) is 5.80. The molecule has 1 atom stereocenters. The quantitative estimate of drug-likeness (QED) is 0.624. The summed E-state index contributed by atoms with van der Waals surface area (Å²) in [6.45, 7) is 7.73. The number of aromatic nitrogens is 2. The minimum absolute atomic E-state index is 0.0306. The zero-order chi connectivity index (χ0) is 24.6. The standard InChI is InChI=1S/C23H34N4O5S/c1-16-7-8-20-21(27(16)17(2)28)10-9-19(18-13-24-26(14-18)15-23(3,4)29)22(20)32-12-11-25(5)33(6,30)31/h9-10,13-14,16,29H,7-8,11-12,15H2,1-6H3/t16-/m0/s1. The number of carbonyl (C=O) groups is 1. The molecule has 0 bridgehead atoms. The van der Waals surface area contributed by atoms with Crippen LogP contribution in [0.1, 0.15) is 39.7 Å². The van der Waals surface area contributed by atoms with Crippen molar-refractivity contribution >= 4 is 21.6 Å². The predicted octanol–water partition coefficient (Wildman–Crippen LogP) is 2.28. The van der Waals surface area contributed by atoms with E-state index in [1.165, 1.54) is 11.4 Å². The van der Waals surface area contributed by atoms with Crippen LogP contribution in [-0.2, 0) is 27.8 Å². The zero-order valence-corrected chi connectivity index (χ0v) is 21.0. The van der Waals surface area contributed by atoms with Crippen molar-refractivity contribution in [3.05, 3.63) is 30.1 Å². The van der Waals surface area contributed by atoms with E-state index in [0.717, 1.165) is 41.5 Å². The molecule has 0 spiro atoms. The van der Waals surface area contributed by atoms with Gasteiger partial charge < -0.3 is 14.7 Å². The molecule has 10 heteroatoms. The van der Waals surface area contributed by atoms with E-state index in [9.17, 15) is 18.3 Å². The van der Waals surface area contributed by atoms with Crippen molar-refractivity contribution in [1.82, 2.24) is 14.1 Å². The van der Waals surface area contributed by atoms with Crippen molar-refractivity contribution in [1.29, 1.82) is 0 Å². The molecule has 0 fully saturated rings. The summed E-state index contributed by atoms with van der Waals surface area (Å²) in [5, 5.41) is 14.5. The maximum absolute atomic E-state index is 12.4. The number of sulfonamides is 1. The molecule has 0 aliphatic carbocycles. The van der Waals surface area contributed by atoms with Crippen molar-refractivity contribution in [2.75, 3.05) is 31.4 Å². The number of likely N-dealkylation sites (N-methyl/N-ethyl adjacent to an activating group) is 1. The van der Waals surface area contributed by atoms with E-state index in [2.05, 4.69) is 5.10 Å². The van der Waals surface area contributed by atoms with Gasteiger partial charge >= 0.3 is 0 Å². The lowest BCUT2D eigenvalue weighted by atomic mass is 9.92. The molecule has 182 valence electrons. The first-order valence-electron chi connectivity index (χ1n) is 11.0. The lowest BCUT2D eigenvalue weighted by Gasteiger charge is -2.36. The average Bonchev–Trinajstić information content (AvgIpc) is 3.12. The molecular weight excluding hydrogens is 444 g/mol. The number of benzene rings is 1. The molecule has 9 nitrogen and oxygen atoms in total. The number of amides is 1. The smallest absolute Gasteiger partial charge is 0.224 e.